The van der Waals surface area contributed by atoms with Crippen LogP contribution in [-0.2, 0) is 11.3 Å². The van der Waals surface area contributed by atoms with Gasteiger partial charge in [-0.15, -0.1) is 0 Å². The third-order valence-electron chi connectivity index (χ3n) is 6.43. The summed E-state index contributed by atoms with van der Waals surface area (Å²) in [6.07, 6.45) is 3.19. The monoisotopic (exact) mass is 473 g/mol. The Morgan fingerprint density at radius 2 is 2.10 bits per heavy atom. The van der Waals surface area contributed by atoms with E-state index in [4.69, 9.17) is 14.9 Å². The Morgan fingerprint density at radius 3 is 2.80 bits per heavy atom. The van der Waals surface area contributed by atoms with E-state index in [1.807, 2.05) is 16.9 Å². The predicted molar refractivity (Wildman–Crippen MR) is 116 cm³/mol. The molecule has 2 aromatic heterocycles. The van der Waals surface area contributed by atoms with Crippen molar-refractivity contribution in [3.63, 3.8) is 0 Å². The number of benzene rings is 1. The number of nitrogens with zero attached hydrogens (tertiary/aromatic N) is 5. The predicted octanol–water partition coefficient (Wildman–Crippen LogP) is 3.93. The lowest BCUT2D eigenvalue weighted by Crippen LogP contribution is -2.63. The molecule has 1 N–H and O–H groups in total. The molecule has 1 aliphatic heterocycles. The van der Waals surface area contributed by atoms with Crippen LogP contribution in [0.15, 0.2) is 28.9 Å². The van der Waals surface area contributed by atoms with E-state index in [2.05, 4.69) is 44.8 Å². The van der Waals surface area contributed by atoms with Gasteiger partial charge in [0.1, 0.15) is 5.69 Å². The number of rotatable bonds is 5. The summed E-state index contributed by atoms with van der Waals surface area (Å²) >= 11 is 3.74. The number of aromatic nitrogens is 4. The van der Waals surface area contributed by atoms with Crippen molar-refractivity contribution in [1.29, 1.82) is 0 Å². The first-order valence-corrected chi connectivity index (χ1v) is 10.9. The van der Waals surface area contributed by atoms with Gasteiger partial charge in [0.2, 0.25) is 0 Å². The molecule has 3 heterocycles. The molecule has 158 valence electrons. The van der Waals surface area contributed by atoms with Crippen LogP contribution in [0.25, 0.3) is 22.2 Å². The van der Waals surface area contributed by atoms with Gasteiger partial charge in [0.25, 0.3) is 0 Å². The number of methoxy groups -OCH3 is 1. The Balaban J connectivity index is 1.37. The van der Waals surface area contributed by atoms with Gasteiger partial charge in [0.15, 0.2) is 0 Å². The largest absolute Gasteiger partial charge is 0.465 e. The summed E-state index contributed by atoms with van der Waals surface area (Å²) < 4.78 is 10.2. The molecule has 1 aliphatic carbocycles. The van der Waals surface area contributed by atoms with Gasteiger partial charge in [-0.1, -0.05) is 6.07 Å². The third kappa shape index (κ3) is 3.11. The van der Waals surface area contributed by atoms with Crippen LogP contribution in [-0.4, -0.2) is 62.5 Å². The first-order chi connectivity index (χ1) is 14.4. The molecule has 1 saturated carbocycles. The summed E-state index contributed by atoms with van der Waals surface area (Å²) in [5.41, 5.74) is 4.20. The van der Waals surface area contributed by atoms with Crippen LogP contribution >= 0.6 is 15.9 Å². The molecule has 9 heteroatoms. The van der Waals surface area contributed by atoms with Crippen molar-refractivity contribution in [2.45, 2.75) is 32.4 Å². The molecule has 0 atom stereocenters. The molecule has 1 spiro atoms. The highest BCUT2D eigenvalue weighted by Crippen LogP contribution is 2.54. The Hall–Kier alpha value is -2.39. The first kappa shape index (κ1) is 19.6. The number of amides is 1. The van der Waals surface area contributed by atoms with Gasteiger partial charge in [-0.2, -0.15) is 10.2 Å². The number of halogens is 1. The second-order valence-corrected chi connectivity index (χ2v) is 9.34. The third-order valence-corrected chi connectivity index (χ3v) is 7.38. The summed E-state index contributed by atoms with van der Waals surface area (Å²) in [4.78, 5) is 12.6. The molecule has 1 aromatic carbocycles. The minimum absolute atomic E-state index is 0.157. The average Bonchev–Trinajstić information content (AvgIpc) is 3.19. The fourth-order valence-electron chi connectivity index (χ4n) is 4.83. The molecule has 0 radical (unpaired) electrons. The van der Waals surface area contributed by atoms with Crippen molar-refractivity contribution in [3.8, 4) is 11.3 Å². The number of carboxylic acid groups (broad SMARTS) is 1. The maximum atomic E-state index is 11.1. The molecule has 2 fully saturated rings. The van der Waals surface area contributed by atoms with Crippen LogP contribution < -0.4 is 0 Å². The number of hydrogen-bond acceptors (Lipinski definition) is 4. The van der Waals surface area contributed by atoms with Crippen molar-refractivity contribution in [1.82, 2.24) is 24.5 Å². The molecule has 0 bridgehead atoms. The van der Waals surface area contributed by atoms with Crippen LogP contribution in [0.5, 0.6) is 0 Å². The van der Waals surface area contributed by atoms with Crippen molar-refractivity contribution in [2.24, 2.45) is 5.41 Å². The summed E-state index contributed by atoms with van der Waals surface area (Å²) in [5, 5.41) is 19.7. The maximum absolute atomic E-state index is 11.1. The van der Waals surface area contributed by atoms with Crippen molar-refractivity contribution in [2.75, 3.05) is 26.8 Å². The van der Waals surface area contributed by atoms with E-state index in [-0.39, 0.29) is 5.41 Å². The topological polar surface area (TPSA) is 85.4 Å². The minimum Gasteiger partial charge on any atom is -0.465 e. The smallest absolute Gasteiger partial charge is 0.407 e. The highest BCUT2D eigenvalue weighted by Gasteiger charge is 2.55. The molecule has 30 heavy (non-hydrogen) atoms. The van der Waals surface area contributed by atoms with Gasteiger partial charge in [-0.05, 0) is 47.8 Å². The highest BCUT2D eigenvalue weighted by atomic mass is 79.9. The van der Waals surface area contributed by atoms with Gasteiger partial charge in [-0.3, -0.25) is 9.36 Å². The lowest BCUT2D eigenvalue weighted by atomic mass is 9.61. The fraction of sp³-hybridized carbons (Fsp3) is 0.476. The molecule has 2 aliphatic rings. The van der Waals surface area contributed by atoms with Crippen LogP contribution in [0.1, 0.15) is 24.6 Å². The van der Waals surface area contributed by atoms with E-state index in [9.17, 15) is 4.79 Å². The zero-order chi connectivity index (χ0) is 21.0. The fourth-order valence-corrected chi connectivity index (χ4v) is 5.32. The zero-order valence-corrected chi connectivity index (χ0v) is 18.6. The maximum Gasteiger partial charge on any atom is 0.407 e. The van der Waals surface area contributed by atoms with Gasteiger partial charge < -0.3 is 14.7 Å². The van der Waals surface area contributed by atoms with Crippen LogP contribution in [0, 0.1) is 12.3 Å². The molecular formula is C21H24BrN5O3. The Labute approximate surface area is 182 Å². The molecule has 5 rings (SSSR count). The SMILES string of the molecule is COCCn1cc2cc(-c3nn(C4CC5(C4)CN(C(=O)O)C5)c(C)c3Br)ccc2n1. The lowest BCUT2D eigenvalue weighted by Gasteiger charge is -2.58. The second-order valence-electron chi connectivity index (χ2n) is 8.55. The van der Waals surface area contributed by atoms with Crippen LogP contribution in [0.2, 0.25) is 0 Å². The molecule has 0 unspecified atom stereocenters. The zero-order valence-electron chi connectivity index (χ0n) is 17.0. The van der Waals surface area contributed by atoms with Crippen molar-refractivity contribution >= 4 is 32.9 Å². The molecular weight excluding hydrogens is 450 g/mol. The van der Waals surface area contributed by atoms with Crippen LogP contribution in [0.3, 0.4) is 0 Å². The summed E-state index contributed by atoms with van der Waals surface area (Å²) in [5.74, 6) is 0. The second kappa shape index (κ2) is 7.09. The highest BCUT2D eigenvalue weighted by molar-refractivity contribution is 9.10. The summed E-state index contributed by atoms with van der Waals surface area (Å²) in [6.45, 7) is 4.73. The molecule has 1 amide bonds. The Bertz CT molecular complexity index is 1120. The van der Waals surface area contributed by atoms with Crippen molar-refractivity contribution in [3.05, 3.63) is 34.6 Å². The van der Waals surface area contributed by atoms with Crippen molar-refractivity contribution < 1.29 is 14.6 Å². The Morgan fingerprint density at radius 1 is 1.33 bits per heavy atom. The van der Waals surface area contributed by atoms with E-state index < -0.39 is 6.09 Å². The van der Waals surface area contributed by atoms with Crippen LogP contribution in [0.4, 0.5) is 4.79 Å². The van der Waals surface area contributed by atoms with Gasteiger partial charge in [-0.25, -0.2) is 4.79 Å². The van der Waals surface area contributed by atoms with Gasteiger partial charge in [0, 0.05) is 42.8 Å². The van der Waals surface area contributed by atoms with E-state index in [0.29, 0.717) is 25.7 Å². The number of ether oxygens (including phenoxy) is 1. The Kier molecular flexibility index (Phi) is 4.62. The number of fused-ring (bicyclic) bond motifs is 1. The minimum atomic E-state index is -0.815. The van der Waals surface area contributed by atoms with E-state index >= 15 is 0 Å². The number of hydrogen-bond donors (Lipinski definition) is 1. The lowest BCUT2D eigenvalue weighted by molar-refractivity contribution is -0.0775. The van der Waals surface area contributed by atoms with E-state index in [1.165, 1.54) is 4.90 Å². The summed E-state index contributed by atoms with van der Waals surface area (Å²) in [7, 11) is 1.69. The average molecular weight is 474 g/mol. The standard InChI is InChI=1S/C21H24BrN5O3/c1-13-18(22)19(14-3-4-17-15(7-14)10-26(23-17)5-6-30-2)24-27(13)16-8-21(9-16)11-25(12-21)20(28)29/h3-4,7,10,16H,5-6,8-9,11-12H2,1-2H3,(H,28,29). The quantitative estimate of drug-likeness (QED) is 0.606. The number of likely N-dealkylation sites (tertiary alicyclic amines) is 1. The summed E-state index contributed by atoms with van der Waals surface area (Å²) in [6, 6.07) is 6.54. The van der Waals surface area contributed by atoms with Gasteiger partial charge >= 0.3 is 6.09 Å². The van der Waals surface area contributed by atoms with Gasteiger partial charge in [0.05, 0.1) is 34.9 Å². The normalized spacial score (nSPS) is 18.0. The molecule has 8 nitrogen and oxygen atoms in total. The molecule has 1 saturated heterocycles. The number of carbonyl (C=O) groups is 1. The molecule has 3 aromatic rings. The van der Waals surface area contributed by atoms with E-state index in [1.54, 1.807) is 7.11 Å². The van der Waals surface area contributed by atoms with E-state index in [0.717, 1.165) is 51.7 Å². The first-order valence-electron chi connectivity index (χ1n) is 10.1.